The molecule has 1 unspecified atom stereocenters. The molecular weight excluding hydrogens is 569 g/mol. The Morgan fingerprint density at radius 1 is 0.956 bits per heavy atom. The van der Waals surface area contributed by atoms with Gasteiger partial charge in [0.15, 0.2) is 6.79 Å². The highest BCUT2D eigenvalue weighted by Gasteiger charge is 2.27. The van der Waals surface area contributed by atoms with Gasteiger partial charge in [0.25, 0.3) is 5.56 Å². The van der Waals surface area contributed by atoms with Crippen molar-refractivity contribution >= 4 is 21.9 Å². The summed E-state index contributed by atoms with van der Waals surface area (Å²) in [6.07, 6.45) is 3.81. The van der Waals surface area contributed by atoms with Gasteiger partial charge >= 0.3 is 0 Å². The van der Waals surface area contributed by atoms with Crippen molar-refractivity contribution in [2.45, 2.75) is 24.8 Å². The predicted octanol–water partition coefficient (Wildman–Crippen LogP) is 6.51. The largest absolute Gasteiger partial charge is 0.467 e. The quantitative estimate of drug-likeness (QED) is 0.200. The van der Waals surface area contributed by atoms with Crippen molar-refractivity contribution in [2.24, 2.45) is 0 Å². The van der Waals surface area contributed by atoms with Crippen LogP contribution in [0.3, 0.4) is 0 Å². The summed E-state index contributed by atoms with van der Waals surface area (Å²) < 4.78 is 27.3. The van der Waals surface area contributed by atoms with Gasteiger partial charge in [-0.3, -0.25) is 9.36 Å². The maximum atomic E-state index is 14.8. The maximum absolute atomic E-state index is 14.8. The summed E-state index contributed by atoms with van der Waals surface area (Å²) >= 11 is 0. The number of para-hydroxylation sites is 2. The number of methoxy groups -OCH3 is 1. The number of ether oxygens (including phenoxy) is 2. The molecule has 45 heavy (non-hydrogen) atoms. The molecule has 1 N–H and O–H groups in total. The van der Waals surface area contributed by atoms with E-state index in [-0.39, 0.29) is 12.4 Å². The van der Waals surface area contributed by atoms with Gasteiger partial charge in [-0.15, -0.1) is 0 Å². The summed E-state index contributed by atoms with van der Waals surface area (Å²) in [6, 6.07) is 25.4. The fourth-order valence-corrected chi connectivity index (χ4v) is 6.31. The number of likely N-dealkylation sites (tertiary alicyclic amines) is 1. The molecule has 9 heteroatoms. The Morgan fingerprint density at radius 3 is 2.51 bits per heavy atom. The number of aromatic amines is 1. The third kappa shape index (κ3) is 5.72. The number of fused-ring (bicyclic) bond motifs is 2. The molecule has 0 bridgehead atoms. The van der Waals surface area contributed by atoms with Crippen LogP contribution in [0.1, 0.15) is 41.8 Å². The van der Waals surface area contributed by atoms with Crippen LogP contribution < -0.4 is 10.3 Å². The Morgan fingerprint density at radius 2 is 1.73 bits per heavy atom. The van der Waals surface area contributed by atoms with Crippen LogP contribution in [-0.4, -0.2) is 58.5 Å². The molecule has 1 atom stereocenters. The third-order valence-electron chi connectivity index (χ3n) is 8.76. The topological polar surface area (TPSA) is 85.3 Å². The number of H-pyrrole nitrogens is 1. The molecule has 0 radical (unpaired) electrons. The zero-order valence-corrected chi connectivity index (χ0v) is 25.2. The van der Waals surface area contributed by atoms with Crippen LogP contribution in [0.15, 0.2) is 96.1 Å². The summed E-state index contributed by atoms with van der Waals surface area (Å²) in [7, 11) is 3.69. The van der Waals surface area contributed by atoms with Crippen LogP contribution in [-0.2, 0) is 4.74 Å². The first-order valence-corrected chi connectivity index (χ1v) is 15.1. The molecule has 7 rings (SSSR count). The van der Waals surface area contributed by atoms with Crippen LogP contribution in [0, 0.1) is 5.82 Å². The Hall–Kier alpha value is -4.86. The summed E-state index contributed by atoms with van der Waals surface area (Å²) in [6.45, 7) is 2.18. The second-order valence-electron chi connectivity index (χ2n) is 11.7. The summed E-state index contributed by atoms with van der Waals surface area (Å²) in [5.74, 6) is 0.921. The number of rotatable bonds is 8. The lowest BCUT2D eigenvalue weighted by Gasteiger charge is -2.29. The number of nitrogens with one attached hydrogen (secondary N) is 1. The SMILES string of the molecule is COCOc1ccc(F)cc1C(c1nc2ccccc2[nH]1)n1cnc2ccc(-c3ccc(C4CCN(C)CC4)cc3)cc2c1=O. The first-order chi connectivity index (χ1) is 22.0. The van der Waals surface area contributed by atoms with Crippen molar-refractivity contribution in [1.29, 1.82) is 0 Å². The summed E-state index contributed by atoms with van der Waals surface area (Å²) in [4.78, 5) is 29.5. The standard InChI is InChI=1S/C36H34FN5O3/c1-41-17-15-25(16-18-41)23-7-9-24(10-8-23)26-11-13-30-28(19-26)36(43)42(21-38-30)34(35-39-31-5-3-4-6-32(31)40-35)29-20-27(37)12-14-33(29)45-22-44-2/h3-14,19-21,25,34H,15-18,22H2,1-2H3,(H,39,40). The van der Waals surface area contributed by atoms with Crippen molar-refractivity contribution in [3.05, 3.63) is 124 Å². The van der Waals surface area contributed by atoms with E-state index in [9.17, 15) is 9.18 Å². The molecule has 0 amide bonds. The number of hydrogen-bond acceptors (Lipinski definition) is 6. The minimum atomic E-state index is -0.859. The average molecular weight is 604 g/mol. The highest BCUT2D eigenvalue weighted by atomic mass is 19.1. The average Bonchev–Trinajstić information content (AvgIpc) is 3.50. The number of halogens is 1. The van der Waals surface area contributed by atoms with E-state index in [0.29, 0.717) is 34.0 Å². The van der Waals surface area contributed by atoms with Crippen molar-refractivity contribution in [2.75, 3.05) is 34.0 Å². The number of benzene rings is 4. The van der Waals surface area contributed by atoms with Crippen LogP contribution in [0.4, 0.5) is 4.39 Å². The maximum Gasteiger partial charge on any atom is 0.262 e. The van der Waals surface area contributed by atoms with Crippen LogP contribution in [0.2, 0.25) is 0 Å². The second kappa shape index (κ2) is 12.3. The van der Waals surface area contributed by atoms with E-state index in [0.717, 1.165) is 48.1 Å². The van der Waals surface area contributed by atoms with E-state index in [2.05, 4.69) is 46.2 Å². The predicted molar refractivity (Wildman–Crippen MR) is 173 cm³/mol. The van der Waals surface area contributed by atoms with E-state index in [4.69, 9.17) is 14.5 Å². The minimum absolute atomic E-state index is 0.0453. The van der Waals surface area contributed by atoms with Crippen molar-refractivity contribution in [1.82, 2.24) is 24.4 Å². The fraction of sp³-hybridized carbons (Fsp3) is 0.250. The Labute approximate surface area is 260 Å². The van der Waals surface area contributed by atoms with E-state index in [1.807, 2.05) is 42.5 Å². The van der Waals surface area contributed by atoms with Gasteiger partial charge in [-0.1, -0.05) is 42.5 Å². The van der Waals surface area contributed by atoms with Crippen molar-refractivity contribution in [3.8, 4) is 16.9 Å². The van der Waals surface area contributed by atoms with Crippen molar-refractivity contribution < 1.29 is 13.9 Å². The monoisotopic (exact) mass is 603 g/mol. The number of piperidine rings is 1. The van der Waals surface area contributed by atoms with Gasteiger partial charge in [0.2, 0.25) is 0 Å². The first-order valence-electron chi connectivity index (χ1n) is 15.1. The molecule has 1 aliphatic heterocycles. The van der Waals surface area contributed by atoms with Gasteiger partial charge in [-0.05, 0) is 98.1 Å². The van der Waals surface area contributed by atoms with Gasteiger partial charge in [-0.25, -0.2) is 14.4 Å². The first kappa shape index (κ1) is 28.9. The van der Waals surface area contributed by atoms with Gasteiger partial charge in [-0.2, -0.15) is 0 Å². The third-order valence-corrected chi connectivity index (χ3v) is 8.76. The molecular formula is C36H34FN5O3. The van der Waals surface area contributed by atoms with Gasteiger partial charge < -0.3 is 19.4 Å². The van der Waals surface area contributed by atoms with Crippen LogP contribution >= 0.6 is 0 Å². The van der Waals surface area contributed by atoms with E-state index >= 15 is 0 Å². The molecule has 1 aliphatic rings. The normalized spacial score (nSPS) is 15.1. The van der Waals surface area contributed by atoms with Crippen LogP contribution in [0.5, 0.6) is 5.75 Å². The molecule has 6 aromatic rings. The number of imidazole rings is 1. The van der Waals surface area contributed by atoms with E-state index in [1.165, 1.54) is 41.8 Å². The minimum Gasteiger partial charge on any atom is -0.467 e. The Balaban J connectivity index is 1.33. The lowest BCUT2D eigenvalue weighted by atomic mass is 9.88. The lowest BCUT2D eigenvalue weighted by Crippen LogP contribution is -2.29. The molecule has 228 valence electrons. The highest BCUT2D eigenvalue weighted by molar-refractivity contribution is 5.84. The smallest absolute Gasteiger partial charge is 0.262 e. The summed E-state index contributed by atoms with van der Waals surface area (Å²) in [5.41, 5.74) is 5.52. The molecule has 8 nitrogen and oxygen atoms in total. The second-order valence-corrected chi connectivity index (χ2v) is 11.7. The lowest BCUT2D eigenvalue weighted by molar-refractivity contribution is 0.0501. The van der Waals surface area contributed by atoms with E-state index in [1.54, 1.807) is 0 Å². The van der Waals surface area contributed by atoms with Gasteiger partial charge in [0.1, 0.15) is 23.4 Å². The molecule has 4 aromatic carbocycles. The summed E-state index contributed by atoms with van der Waals surface area (Å²) in [5, 5.41) is 0.450. The number of hydrogen-bond donors (Lipinski definition) is 1. The molecule has 0 saturated carbocycles. The molecule has 1 fully saturated rings. The molecule has 0 aliphatic carbocycles. The zero-order valence-electron chi connectivity index (χ0n) is 25.2. The fourth-order valence-electron chi connectivity index (χ4n) is 6.31. The Kier molecular flexibility index (Phi) is 7.87. The zero-order chi connectivity index (χ0) is 30.9. The molecule has 3 heterocycles. The number of nitrogens with zero attached hydrogens (tertiary/aromatic N) is 4. The van der Waals surface area contributed by atoms with E-state index < -0.39 is 11.9 Å². The Bertz CT molecular complexity index is 2000. The number of aromatic nitrogens is 4. The van der Waals surface area contributed by atoms with Gasteiger partial charge in [0, 0.05) is 12.7 Å². The molecule has 1 saturated heterocycles. The van der Waals surface area contributed by atoms with Gasteiger partial charge in [0.05, 0.1) is 28.3 Å². The molecule has 2 aromatic heterocycles. The van der Waals surface area contributed by atoms with Crippen LogP contribution in [0.25, 0.3) is 33.1 Å². The van der Waals surface area contributed by atoms with Crippen molar-refractivity contribution in [3.63, 3.8) is 0 Å². The highest BCUT2D eigenvalue weighted by Crippen LogP contribution is 2.34. The molecule has 0 spiro atoms.